The van der Waals surface area contributed by atoms with Crippen LogP contribution in [0.25, 0.3) is 0 Å². The van der Waals surface area contributed by atoms with Crippen molar-refractivity contribution in [3.05, 3.63) is 22.7 Å². The van der Waals surface area contributed by atoms with Gasteiger partial charge in [-0.1, -0.05) is 15.9 Å². The summed E-state index contributed by atoms with van der Waals surface area (Å²) in [5.74, 6) is -0.154. The molecule has 1 atom stereocenters. The highest BCUT2D eigenvalue weighted by Gasteiger charge is 2.31. The van der Waals surface area contributed by atoms with Gasteiger partial charge in [-0.05, 0) is 24.6 Å². The minimum absolute atomic E-state index is 0.00993. The Balaban J connectivity index is 2.24. The summed E-state index contributed by atoms with van der Waals surface area (Å²) in [5.41, 5.74) is 5.78. The van der Waals surface area contributed by atoms with E-state index in [9.17, 15) is 16.8 Å². The van der Waals surface area contributed by atoms with Crippen LogP contribution in [-0.4, -0.2) is 34.4 Å². The summed E-state index contributed by atoms with van der Waals surface area (Å²) in [6.07, 6.45) is 0.290. The first-order valence-electron chi connectivity index (χ1n) is 5.47. The smallest absolute Gasteiger partial charge is 0.242 e. The van der Waals surface area contributed by atoms with Crippen molar-refractivity contribution in [1.29, 1.82) is 0 Å². The van der Waals surface area contributed by atoms with Crippen molar-refractivity contribution in [3.63, 3.8) is 0 Å². The number of halogens is 1. The number of hydrogen-bond acceptors (Lipinski definition) is 5. The minimum Gasteiger partial charge on any atom is -0.398 e. The summed E-state index contributed by atoms with van der Waals surface area (Å²) in [6, 6.07) is 3.85. The van der Waals surface area contributed by atoms with Gasteiger partial charge in [0.1, 0.15) is 4.90 Å². The van der Waals surface area contributed by atoms with Crippen LogP contribution >= 0.6 is 15.9 Å². The van der Waals surface area contributed by atoms with E-state index in [0.717, 1.165) is 0 Å². The Hall–Kier alpha value is -0.640. The fourth-order valence-electron chi connectivity index (χ4n) is 1.93. The molecule has 19 heavy (non-hydrogen) atoms. The van der Waals surface area contributed by atoms with E-state index in [2.05, 4.69) is 20.7 Å². The lowest BCUT2D eigenvalue weighted by Crippen LogP contribution is -2.35. The van der Waals surface area contributed by atoms with Crippen LogP contribution in [0.1, 0.15) is 6.42 Å². The number of hydrogen-bond donors (Lipinski definition) is 2. The molecule has 1 fully saturated rings. The van der Waals surface area contributed by atoms with Crippen molar-refractivity contribution in [2.24, 2.45) is 0 Å². The second-order valence-corrected chi connectivity index (χ2v) is 9.23. The van der Waals surface area contributed by atoms with Crippen LogP contribution in [0.15, 0.2) is 27.6 Å². The molecule has 0 spiro atoms. The molecule has 1 aliphatic rings. The predicted octanol–water partition coefficient (Wildman–Crippen LogP) is 0.497. The molecule has 0 aromatic heterocycles. The zero-order valence-electron chi connectivity index (χ0n) is 9.84. The molecule has 1 aromatic rings. The second-order valence-electron chi connectivity index (χ2n) is 4.40. The van der Waals surface area contributed by atoms with Gasteiger partial charge in [0.25, 0.3) is 0 Å². The van der Waals surface area contributed by atoms with Crippen LogP contribution in [-0.2, 0) is 19.9 Å². The lowest BCUT2D eigenvalue weighted by molar-refractivity contribution is 0.563. The molecule has 6 nitrogen and oxygen atoms in total. The molecule has 0 radical (unpaired) electrons. The number of anilines is 1. The quantitative estimate of drug-likeness (QED) is 0.755. The highest BCUT2D eigenvalue weighted by atomic mass is 79.9. The molecular formula is C10H13BrN2O4S2. The molecule has 106 valence electrons. The van der Waals surface area contributed by atoms with Crippen molar-refractivity contribution in [3.8, 4) is 0 Å². The Bertz CT molecular complexity index is 700. The molecule has 3 N–H and O–H groups in total. The molecule has 2 rings (SSSR count). The maximum Gasteiger partial charge on any atom is 0.242 e. The summed E-state index contributed by atoms with van der Waals surface area (Å²) in [7, 11) is -6.93. The Labute approximate surface area is 120 Å². The standard InChI is InChI=1S/C10H13BrN2O4S2/c11-7-1-2-10(9(12)5-7)19(16,17)13-8-3-4-18(14,15)6-8/h1-2,5,8,13H,3-4,6,12H2. The van der Waals surface area contributed by atoms with Gasteiger partial charge in [-0.15, -0.1) is 0 Å². The molecule has 9 heteroatoms. The van der Waals surface area contributed by atoms with Gasteiger partial charge in [-0.2, -0.15) is 0 Å². The number of rotatable bonds is 3. The van der Waals surface area contributed by atoms with Gasteiger partial charge < -0.3 is 5.73 Å². The number of nitrogen functional groups attached to an aromatic ring is 1. The van der Waals surface area contributed by atoms with Crippen LogP contribution in [0.4, 0.5) is 5.69 Å². The highest BCUT2D eigenvalue weighted by molar-refractivity contribution is 9.10. The monoisotopic (exact) mass is 368 g/mol. The Morgan fingerprint density at radius 3 is 2.58 bits per heavy atom. The number of nitrogens with two attached hydrogens (primary N) is 1. The van der Waals surface area contributed by atoms with Gasteiger partial charge in [0.2, 0.25) is 10.0 Å². The van der Waals surface area contributed by atoms with Gasteiger partial charge in [0, 0.05) is 10.5 Å². The zero-order valence-corrected chi connectivity index (χ0v) is 13.1. The Kier molecular flexibility index (Phi) is 3.92. The topological polar surface area (TPSA) is 106 Å². The summed E-state index contributed by atoms with van der Waals surface area (Å²) in [4.78, 5) is -0.0417. The Morgan fingerprint density at radius 1 is 1.37 bits per heavy atom. The normalized spacial score (nSPS) is 22.5. The van der Waals surface area contributed by atoms with Crippen LogP contribution in [0.5, 0.6) is 0 Å². The molecule has 0 aliphatic carbocycles. The molecule has 0 saturated carbocycles. The van der Waals surface area contributed by atoms with Crippen LogP contribution in [0.2, 0.25) is 0 Å². The SMILES string of the molecule is Nc1cc(Br)ccc1S(=O)(=O)NC1CCS(=O)(=O)C1. The van der Waals surface area contributed by atoms with E-state index >= 15 is 0 Å². The molecular weight excluding hydrogens is 356 g/mol. The van der Waals surface area contributed by atoms with Crippen LogP contribution < -0.4 is 10.5 Å². The largest absolute Gasteiger partial charge is 0.398 e. The molecule has 1 unspecified atom stereocenters. The number of benzene rings is 1. The van der Waals surface area contributed by atoms with Gasteiger partial charge in [0.15, 0.2) is 9.84 Å². The third-order valence-electron chi connectivity index (χ3n) is 2.82. The minimum atomic E-state index is -3.80. The van der Waals surface area contributed by atoms with Crippen LogP contribution in [0.3, 0.4) is 0 Å². The number of nitrogens with one attached hydrogen (secondary N) is 1. The van der Waals surface area contributed by atoms with E-state index in [1.54, 1.807) is 6.07 Å². The molecule has 1 saturated heterocycles. The molecule has 0 bridgehead atoms. The fraction of sp³-hybridized carbons (Fsp3) is 0.400. The first-order valence-corrected chi connectivity index (χ1v) is 9.57. The average molecular weight is 369 g/mol. The summed E-state index contributed by atoms with van der Waals surface area (Å²) in [6.45, 7) is 0. The Morgan fingerprint density at radius 2 is 2.05 bits per heavy atom. The summed E-state index contributed by atoms with van der Waals surface area (Å²) >= 11 is 3.19. The highest BCUT2D eigenvalue weighted by Crippen LogP contribution is 2.23. The van der Waals surface area contributed by atoms with E-state index in [0.29, 0.717) is 4.47 Å². The summed E-state index contributed by atoms with van der Waals surface area (Å²) < 4.78 is 49.9. The predicted molar refractivity (Wildman–Crippen MR) is 75.9 cm³/mol. The van der Waals surface area contributed by atoms with Gasteiger partial charge in [-0.3, -0.25) is 0 Å². The van der Waals surface area contributed by atoms with E-state index in [1.807, 2.05) is 0 Å². The zero-order chi connectivity index (χ0) is 14.3. The third-order valence-corrected chi connectivity index (χ3v) is 6.67. The fourth-order valence-corrected chi connectivity index (χ4v) is 5.48. The van der Waals surface area contributed by atoms with E-state index < -0.39 is 25.9 Å². The van der Waals surface area contributed by atoms with Gasteiger partial charge >= 0.3 is 0 Å². The third kappa shape index (κ3) is 3.47. The number of sulfone groups is 1. The lowest BCUT2D eigenvalue weighted by atomic mass is 10.3. The van der Waals surface area contributed by atoms with Gasteiger partial charge in [0.05, 0.1) is 17.2 Å². The van der Waals surface area contributed by atoms with Crippen molar-refractivity contribution >= 4 is 41.5 Å². The lowest BCUT2D eigenvalue weighted by Gasteiger charge is -2.13. The molecule has 1 aliphatic heterocycles. The second kappa shape index (κ2) is 5.04. The first-order chi connectivity index (χ1) is 8.70. The van der Waals surface area contributed by atoms with E-state index in [4.69, 9.17) is 5.73 Å². The molecule has 0 amide bonds. The van der Waals surface area contributed by atoms with Crippen LogP contribution in [0, 0.1) is 0 Å². The average Bonchev–Trinajstić information content (AvgIpc) is 2.56. The maximum absolute atomic E-state index is 12.1. The van der Waals surface area contributed by atoms with Crippen molar-refractivity contribution in [2.45, 2.75) is 17.4 Å². The van der Waals surface area contributed by atoms with E-state index in [1.165, 1.54) is 12.1 Å². The van der Waals surface area contributed by atoms with Crippen molar-refractivity contribution < 1.29 is 16.8 Å². The van der Waals surface area contributed by atoms with Crippen molar-refractivity contribution in [1.82, 2.24) is 4.72 Å². The molecule has 1 aromatic carbocycles. The maximum atomic E-state index is 12.1. The summed E-state index contributed by atoms with van der Waals surface area (Å²) in [5, 5.41) is 0. The first kappa shape index (κ1) is 14.8. The van der Waals surface area contributed by atoms with E-state index in [-0.39, 0.29) is 28.5 Å². The van der Waals surface area contributed by atoms with Crippen molar-refractivity contribution in [2.75, 3.05) is 17.2 Å². The molecule has 1 heterocycles. The van der Waals surface area contributed by atoms with Gasteiger partial charge in [-0.25, -0.2) is 21.6 Å². The number of sulfonamides is 1.